The molecule has 0 saturated heterocycles. The maximum absolute atomic E-state index is 13.0. The molecule has 0 aliphatic heterocycles. The molecule has 124 valence electrons. The number of unbranched alkanes of at least 4 members (excludes halogenated alkanes) is 2. The van der Waals surface area contributed by atoms with Gasteiger partial charge < -0.3 is 5.32 Å². The lowest BCUT2D eigenvalue weighted by Gasteiger charge is -2.03. The van der Waals surface area contributed by atoms with E-state index in [1.165, 1.54) is 35.2 Å². The van der Waals surface area contributed by atoms with Crippen molar-refractivity contribution in [2.24, 2.45) is 0 Å². The summed E-state index contributed by atoms with van der Waals surface area (Å²) in [4.78, 5) is 11.7. The van der Waals surface area contributed by atoms with Crippen molar-refractivity contribution in [1.29, 1.82) is 0 Å². The predicted molar refractivity (Wildman–Crippen MR) is 95.5 cm³/mol. The van der Waals surface area contributed by atoms with Gasteiger partial charge in [0.1, 0.15) is 5.82 Å². The van der Waals surface area contributed by atoms with E-state index in [2.05, 4.69) is 17.3 Å². The molecule has 0 fully saturated rings. The lowest BCUT2D eigenvalue weighted by atomic mass is 10.2. The SMILES string of the molecule is CCCCCNC(=O)CSc1nn(-c2ccc(F)cc2)c(=S)s1. The summed E-state index contributed by atoms with van der Waals surface area (Å²) >= 11 is 7.98. The molecule has 0 spiro atoms. The Hall–Kier alpha value is -1.25. The van der Waals surface area contributed by atoms with Gasteiger partial charge in [0.05, 0.1) is 11.4 Å². The second-order valence-corrected chi connectivity index (χ2v) is 7.71. The molecule has 1 heterocycles. The van der Waals surface area contributed by atoms with E-state index in [0.717, 1.165) is 23.6 Å². The molecule has 0 radical (unpaired) electrons. The third-order valence-corrected chi connectivity index (χ3v) is 5.40. The molecule has 0 saturated carbocycles. The number of carbonyl (C=O) groups is 1. The Balaban J connectivity index is 1.90. The van der Waals surface area contributed by atoms with Crippen molar-refractivity contribution in [3.8, 4) is 5.69 Å². The molecule has 1 amide bonds. The molecule has 1 aromatic heterocycles. The Morgan fingerprint density at radius 3 is 2.83 bits per heavy atom. The van der Waals surface area contributed by atoms with Gasteiger partial charge in [-0.25, -0.2) is 9.07 Å². The van der Waals surface area contributed by atoms with Gasteiger partial charge in [0, 0.05) is 6.54 Å². The average molecular weight is 372 g/mol. The van der Waals surface area contributed by atoms with Gasteiger partial charge in [-0.15, -0.1) is 5.10 Å². The van der Waals surface area contributed by atoms with Crippen LogP contribution < -0.4 is 5.32 Å². The molecule has 2 rings (SSSR count). The predicted octanol–water partition coefficient (Wildman–Crippen LogP) is 4.20. The number of halogens is 1. The Bertz CT molecular complexity index is 697. The Labute approximate surface area is 148 Å². The Morgan fingerprint density at radius 2 is 2.13 bits per heavy atom. The zero-order valence-electron chi connectivity index (χ0n) is 12.8. The number of hydrogen-bond donors (Lipinski definition) is 1. The maximum atomic E-state index is 13.0. The van der Waals surface area contributed by atoms with E-state index < -0.39 is 0 Å². The van der Waals surface area contributed by atoms with Crippen molar-refractivity contribution in [2.75, 3.05) is 12.3 Å². The molecule has 4 nitrogen and oxygen atoms in total. The first-order valence-electron chi connectivity index (χ1n) is 7.35. The lowest BCUT2D eigenvalue weighted by Crippen LogP contribution is -2.26. The van der Waals surface area contributed by atoms with E-state index in [1.807, 2.05) is 0 Å². The number of hydrogen-bond acceptors (Lipinski definition) is 5. The van der Waals surface area contributed by atoms with Gasteiger partial charge in [-0.05, 0) is 42.9 Å². The van der Waals surface area contributed by atoms with Gasteiger partial charge in [0.25, 0.3) is 0 Å². The van der Waals surface area contributed by atoms with Crippen LogP contribution in [-0.4, -0.2) is 28.0 Å². The minimum atomic E-state index is -0.301. The van der Waals surface area contributed by atoms with Crippen LogP contribution in [0.25, 0.3) is 5.69 Å². The van der Waals surface area contributed by atoms with Crippen LogP contribution in [0.2, 0.25) is 0 Å². The molecule has 0 unspecified atom stereocenters. The number of thioether (sulfide) groups is 1. The first kappa shape index (κ1) is 18.1. The van der Waals surface area contributed by atoms with Crippen LogP contribution in [0.5, 0.6) is 0 Å². The third-order valence-electron chi connectivity index (χ3n) is 3.03. The molecular weight excluding hydrogens is 353 g/mol. The summed E-state index contributed by atoms with van der Waals surface area (Å²) in [6.45, 7) is 2.84. The fourth-order valence-corrected chi connectivity index (χ4v) is 4.04. The summed E-state index contributed by atoms with van der Waals surface area (Å²) in [5, 5.41) is 7.27. The smallest absolute Gasteiger partial charge is 0.230 e. The minimum Gasteiger partial charge on any atom is -0.355 e. The van der Waals surface area contributed by atoms with Gasteiger partial charge in [0.15, 0.2) is 8.29 Å². The van der Waals surface area contributed by atoms with E-state index >= 15 is 0 Å². The quantitative estimate of drug-likeness (QED) is 0.429. The molecule has 1 aromatic carbocycles. The maximum Gasteiger partial charge on any atom is 0.230 e. The summed E-state index contributed by atoms with van der Waals surface area (Å²) in [6.07, 6.45) is 3.26. The fraction of sp³-hybridized carbons (Fsp3) is 0.400. The van der Waals surface area contributed by atoms with Gasteiger partial charge in [-0.1, -0.05) is 42.9 Å². The lowest BCUT2D eigenvalue weighted by molar-refractivity contribution is -0.118. The molecule has 1 N–H and O–H groups in total. The third kappa shape index (κ3) is 5.71. The molecule has 23 heavy (non-hydrogen) atoms. The van der Waals surface area contributed by atoms with Gasteiger partial charge in [-0.3, -0.25) is 4.79 Å². The van der Waals surface area contributed by atoms with E-state index in [-0.39, 0.29) is 11.7 Å². The monoisotopic (exact) mass is 371 g/mol. The molecule has 0 bridgehead atoms. The molecular formula is C15H18FN3OS3. The van der Waals surface area contributed by atoms with E-state index in [1.54, 1.807) is 16.8 Å². The normalized spacial score (nSPS) is 10.7. The zero-order valence-corrected chi connectivity index (χ0v) is 15.2. The van der Waals surface area contributed by atoms with Crippen LogP contribution in [0, 0.1) is 9.77 Å². The fourth-order valence-electron chi connectivity index (χ4n) is 1.85. The van der Waals surface area contributed by atoms with Crippen LogP contribution in [0.15, 0.2) is 28.6 Å². The summed E-state index contributed by atoms with van der Waals surface area (Å²) in [7, 11) is 0. The second kappa shape index (κ2) is 9.14. The zero-order chi connectivity index (χ0) is 16.7. The Morgan fingerprint density at radius 1 is 1.39 bits per heavy atom. The van der Waals surface area contributed by atoms with Crippen molar-refractivity contribution in [2.45, 2.75) is 30.5 Å². The van der Waals surface area contributed by atoms with Gasteiger partial charge >= 0.3 is 0 Å². The van der Waals surface area contributed by atoms with E-state index in [0.29, 0.717) is 21.9 Å². The highest BCUT2D eigenvalue weighted by atomic mass is 32.2. The van der Waals surface area contributed by atoms with E-state index in [9.17, 15) is 9.18 Å². The van der Waals surface area contributed by atoms with Gasteiger partial charge in [0.2, 0.25) is 5.91 Å². The number of amides is 1. The Kier molecular flexibility index (Phi) is 7.19. The van der Waals surface area contributed by atoms with Crippen molar-refractivity contribution in [3.63, 3.8) is 0 Å². The molecule has 0 aliphatic carbocycles. The van der Waals surface area contributed by atoms with Crippen molar-refractivity contribution in [1.82, 2.24) is 15.1 Å². The van der Waals surface area contributed by atoms with E-state index in [4.69, 9.17) is 12.2 Å². The average Bonchev–Trinajstić information content (AvgIpc) is 2.91. The standard InChI is InChI=1S/C15H18FN3OS3/c1-2-3-4-9-17-13(20)10-22-14-18-19(15(21)23-14)12-7-5-11(16)6-8-12/h5-8H,2-4,9-10H2,1H3,(H,17,20). The largest absolute Gasteiger partial charge is 0.355 e. The van der Waals surface area contributed by atoms with Crippen LogP contribution >= 0.6 is 35.3 Å². The highest BCUT2D eigenvalue weighted by Gasteiger charge is 2.09. The molecule has 8 heteroatoms. The van der Waals surface area contributed by atoms with Crippen molar-refractivity contribution < 1.29 is 9.18 Å². The summed E-state index contributed by atoms with van der Waals surface area (Å²) in [5.41, 5.74) is 0.712. The summed E-state index contributed by atoms with van der Waals surface area (Å²) < 4.78 is 15.8. The van der Waals surface area contributed by atoms with Crippen molar-refractivity contribution >= 4 is 41.2 Å². The topological polar surface area (TPSA) is 46.9 Å². The van der Waals surface area contributed by atoms with Gasteiger partial charge in [-0.2, -0.15) is 0 Å². The van der Waals surface area contributed by atoms with Crippen molar-refractivity contribution in [3.05, 3.63) is 34.0 Å². The number of carbonyl (C=O) groups excluding carboxylic acids is 1. The van der Waals surface area contributed by atoms with Crippen LogP contribution in [-0.2, 0) is 4.79 Å². The van der Waals surface area contributed by atoms with Crippen LogP contribution in [0.4, 0.5) is 4.39 Å². The van der Waals surface area contributed by atoms with Crippen LogP contribution in [0.1, 0.15) is 26.2 Å². The highest BCUT2D eigenvalue weighted by molar-refractivity contribution is 8.01. The second-order valence-electron chi connectivity index (χ2n) is 4.87. The number of aromatic nitrogens is 2. The van der Waals surface area contributed by atoms with Crippen LogP contribution in [0.3, 0.4) is 0 Å². The molecule has 0 atom stereocenters. The summed E-state index contributed by atoms with van der Waals surface area (Å²) in [6, 6.07) is 5.99. The molecule has 2 aromatic rings. The first-order valence-corrected chi connectivity index (χ1v) is 9.57. The minimum absolute atomic E-state index is 0.000513. The summed E-state index contributed by atoms with van der Waals surface area (Å²) in [5.74, 6) is 0.0167. The highest BCUT2D eigenvalue weighted by Crippen LogP contribution is 2.23. The number of benzene rings is 1. The number of rotatable bonds is 8. The first-order chi connectivity index (χ1) is 11.1. The number of nitrogens with one attached hydrogen (secondary N) is 1. The number of nitrogens with zero attached hydrogens (tertiary/aromatic N) is 2. The molecule has 0 aliphatic rings.